The average Bonchev–Trinajstić information content (AvgIpc) is 2.02. The van der Waals surface area contributed by atoms with Crippen LogP contribution in [-0.4, -0.2) is 6.61 Å². The molecule has 0 aliphatic rings. The third-order valence-electron chi connectivity index (χ3n) is 1.52. The highest BCUT2D eigenvalue weighted by Crippen LogP contribution is 2.19. The minimum absolute atomic E-state index is 0.248. The van der Waals surface area contributed by atoms with Gasteiger partial charge in [-0.05, 0) is 30.7 Å². The van der Waals surface area contributed by atoms with Crippen molar-refractivity contribution in [3.63, 3.8) is 0 Å². The molecule has 1 aromatic rings. The Balaban J connectivity index is 2.72. The Morgan fingerprint density at radius 3 is 2.85 bits per heavy atom. The normalized spacial score (nSPS) is 9.77. The first-order chi connectivity index (χ1) is 6.09. The summed E-state index contributed by atoms with van der Waals surface area (Å²) < 4.78 is 18.8. The molecule has 1 aromatic carbocycles. The Morgan fingerprint density at radius 2 is 2.31 bits per heavy atom. The van der Waals surface area contributed by atoms with E-state index in [-0.39, 0.29) is 5.82 Å². The number of hydrogen-bond acceptors (Lipinski definition) is 1. The summed E-state index contributed by atoms with van der Waals surface area (Å²) in [5.74, 6) is 0.435. The second-order valence-electron chi connectivity index (χ2n) is 2.72. The van der Waals surface area contributed by atoms with Gasteiger partial charge in [0, 0.05) is 4.48 Å². The van der Waals surface area contributed by atoms with Crippen LogP contribution in [0.5, 0.6) is 5.75 Å². The summed E-state index contributed by atoms with van der Waals surface area (Å²) in [6.07, 6.45) is 0. The Bertz CT molecular complexity index is 323. The first-order valence-corrected chi connectivity index (χ1v) is 4.61. The number of ether oxygens (including phenoxy) is 1. The molecule has 0 N–H and O–H groups in total. The largest absolute Gasteiger partial charge is 0.488 e. The zero-order valence-corrected chi connectivity index (χ0v) is 8.90. The van der Waals surface area contributed by atoms with Crippen molar-refractivity contribution >= 4 is 15.9 Å². The third-order valence-corrected chi connectivity index (χ3v) is 1.75. The van der Waals surface area contributed by atoms with E-state index in [1.807, 2.05) is 0 Å². The lowest BCUT2D eigenvalue weighted by Crippen LogP contribution is -1.97. The maximum atomic E-state index is 12.7. The first kappa shape index (κ1) is 10.3. The van der Waals surface area contributed by atoms with Crippen LogP contribution in [0.1, 0.15) is 5.56 Å². The summed E-state index contributed by atoms with van der Waals surface area (Å²) >= 11 is 3.18. The monoisotopic (exact) mass is 244 g/mol. The van der Waals surface area contributed by atoms with Crippen LogP contribution in [0.2, 0.25) is 0 Å². The van der Waals surface area contributed by atoms with Crippen LogP contribution in [-0.2, 0) is 0 Å². The van der Waals surface area contributed by atoms with Gasteiger partial charge in [0.1, 0.15) is 18.2 Å². The van der Waals surface area contributed by atoms with Crippen molar-refractivity contribution in [2.24, 2.45) is 0 Å². The summed E-state index contributed by atoms with van der Waals surface area (Å²) in [5, 5.41) is 0. The van der Waals surface area contributed by atoms with Gasteiger partial charge >= 0.3 is 0 Å². The molecule has 0 unspecified atom stereocenters. The summed E-state index contributed by atoms with van der Waals surface area (Å²) in [6, 6.07) is 4.42. The molecule has 0 saturated heterocycles. The topological polar surface area (TPSA) is 9.23 Å². The van der Waals surface area contributed by atoms with Crippen LogP contribution in [0, 0.1) is 12.7 Å². The van der Waals surface area contributed by atoms with E-state index >= 15 is 0 Å². The number of hydrogen-bond donors (Lipinski definition) is 0. The fraction of sp³-hybridized carbons (Fsp3) is 0.200. The predicted molar refractivity (Wildman–Crippen MR) is 54.7 cm³/mol. The molecule has 0 amide bonds. The van der Waals surface area contributed by atoms with E-state index in [0.29, 0.717) is 12.4 Å². The minimum atomic E-state index is -0.248. The predicted octanol–water partition coefficient (Wildman–Crippen LogP) is 3.42. The maximum Gasteiger partial charge on any atom is 0.123 e. The van der Waals surface area contributed by atoms with Gasteiger partial charge in [-0.3, -0.25) is 0 Å². The van der Waals surface area contributed by atoms with E-state index in [1.165, 1.54) is 12.1 Å². The molecular weight excluding hydrogens is 235 g/mol. The molecule has 0 aliphatic heterocycles. The molecule has 0 radical (unpaired) electrons. The van der Waals surface area contributed by atoms with E-state index in [9.17, 15) is 4.39 Å². The molecule has 0 spiro atoms. The molecule has 0 saturated carbocycles. The van der Waals surface area contributed by atoms with Crippen molar-refractivity contribution in [1.82, 2.24) is 0 Å². The summed E-state index contributed by atoms with van der Waals surface area (Å²) in [4.78, 5) is 0. The van der Waals surface area contributed by atoms with Crippen molar-refractivity contribution < 1.29 is 9.13 Å². The van der Waals surface area contributed by atoms with Crippen molar-refractivity contribution in [1.29, 1.82) is 0 Å². The van der Waals surface area contributed by atoms with E-state index in [1.54, 1.807) is 13.0 Å². The van der Waals surface area contributed by atoms with Crippen molar-refractivity contribution in [2.75, 3.05) is 6.61 Å². The number of rotatable bonds is 3. The molecular formula is C10H10BrFO. The minimum Gasteiger partial charge on any atom is -0.488 e. The molecule has 0 fully saturated rings. The highest BCUT2D eigenvalue weighted by atomic mass is 79.9. The second-order valence-corrected chi connectivity index (χ2v) is 3.84. The van der Waals surface area contributed by atoms with Gasteiger partial charge in [-0.25, -0.2) is 4.39 Å². The van der Waals surface area contributed by atoms with E-state index in [0.717, 1.165) is 10.0 Å². The van der Waals surface area contributed by atoms with Gasteiger partial charge in [0.05, 0.1) is 0 Å². The first-order valence-electron chi connectivity index (χ1n) is 3.82. The fourth-order valence-corrected chi connectivity index (χ4v) is 1.05. The van der Waals surface area contributed by atoms with Gasteiger partial charge in [-0.1, -0.05) is 22.5 Å². The molecule has 1 nitrogen and oxygen atoms in total. The molecule has 13 heavy (non-hydrogen) atoms. The van der Waals surface area contributed by atoms with E-state index < -0.39 is 0 Å². The number of halogens is 2. The van der Waals surface area contributed by atoms with Crippen LogP contribution < -0.4 is 4.74 Å². The second kappa shape index (κ2) is 4.42. The van der Waals surface area contributed by atoms with Crippen LogP contribution in [0.25, 0.3) is 0 Å². The zero-order valence-electron chi connectivity index (χ0n) is 7.31. The van der Waals surface area contributed by atoms with E-state index in [2.05, 4.69) is 22.5 Å². The smallest absolute Gasteiger partial charge is 0.123 e. The lowest BCUT2D eigenvalue weighted by molar-refractivity contribution is 0.357. The van der Waals surface area contributed by atoms with Gasteiger partial charge in [0.15, 0.2) is 0 Å². The molecule has 3 heteroatoms. The zero-order chi connectivity index (χ0) is 9.84. The van der Waals surface area contributed by atoms with Gasteiger partial charge in [-0.2, -0.15) is 0 Å². The summed E-state index contributed by atoms with van der Waals surface area (Å²) in [7, 11) is 0. The highest BCUT2D eigenvalue weighted by molar-refractivity contribution is 9.11. The summed E-state index contributed by atoms with van der Waals surface area (Å²) in [6.45, 7) is 5.83. The van der Waals surface area contributed by atoms with Crippen molar-refractivity contribution in [3.05, 3.63) is 40.6 Å². The Labute approximate surface area is 85.3 Å². The Morgan fingerprint density at radius 1 is 1.62 bits per heavy atom. The Kier molecular flexibility index (Phi) is 3.48. The van der Waals surface area contributed by atoms with E-state index in [4.69, 9.17) is 4.74 Å². The van der Waals surface area contributed by atoms with Gasteiger partial charge < -0.3 is 4.74 Å². The standard InChI is InChI=1S/C10H10BrFO/c1-7-5-9(12)3-4-10(7)13-6-8(2)11/h3-5H,2,6H2,1H3. The molecule has 0 heterocycles. The SMILES string of the molecule is C=C(Br)COc1ccc(F)cc1C. The summed E-state index contributed by atoms with van der Waals surface area (Å²) in [5.41, 5.74) is 0.786. The lowest BCUT2D eigenvalue weighted by atomic mass is 10.2. The van der Waals surface area contributed by atoms with Gasteiger partial charge in [0.2, 0.25) is 0 Å². The van der Waals surface area contributed by atoms with Gasteiger partial charge in [-0.15, -0.1) is 0 Å². The van der Waals surface area contributed by atoms with Crippen LogP contribution in [0.4, 0.5) is 4.39 Å². The molecule has 0 aliphatic carbocycles. The van der Waals surface area contributed by atoms with Crippen LogP contribution >= 0.6 is 15.9 Å². The average molecular weight is 245 g/mol. The molecule has 70 valence electrons. The quantitative estimate of drug-likeness (QED) is 0.792. The van der Waals surface area contributed by atoms with Crippen LogP contribution in [0.3, 0.4) is 0 Å². The molecule has 1 rings (SSSR count). The fourth-order valence-electron chi connectivity index (χ4n) is 0.931. The maximum absolute atomic E-state index is 12.7. The highest BCUT2D eigenvalue weighted by Gasteiger charge is 2.00. The number of aryl methyl sites for hydroxylation is 1. The van der Waals surface area contributed by atoms with Crippen molar-refractivity contribution in [2.45, 2.75) is 6.92 Å². The molecule has 0 atom stereocenters. The Hall–Kier alpha value is -0.830. The van der Waals surface area contributed by atoms with Gasteiger partial charge in [0.25, 0.3) is 0 Å². The third kappa shape index (κ3) is 3.19. The van der Waals surface area contributed by atoms with Crippen LogP contribution in [0.15, 0.2) is 29.3 Å². The van der Waals surface area contributed by atoms with Crippen molar-refractivity contribution in [3.8, 4) is 5.75 Å². The lowest BCUT2D eigenvalue weighted by Gasteiger charge is -2.07. The number of benzene rings is 1. The molecule has 0 aromatic heterocycles. The molecule has 0 bridgehead atoms.